The van der Waals surface area contributed by atoms with E-state index in [1.807, 2.05) is 0 Å². The van der Waals surface area contributed by atoms with Crippen molar-refractivity contribution in [3.8, 4) is 0 Å². The van der Waals surface area contributed by atoms with E-state index >= 15 is 0 Å². The third kappa shape index (κ3) is 4.07. The average molecular weight is 518 g/mol. The number of nitrogens with one attached hydrogen (secondary N) is 3. The number of hydrogen-bond acceptors (Lipinski definition) is 5. The van der Waals surface area contributed by atoms with E-state index < -0.39 is 53.5 Å². The Kier molecular flexibility index (Phi) is 5.68. The number of alkyl halides is 2. The summed E-state index contributed by atoms with van der Waals surface area (Å²) in [6, 6.07) is 1.97. The second-order valence-electron chi connectivity index (χ2n) is 9.50. The third-order valence-corrected chi connectivity index (χ3v) is 6.98. The number of amides is 2. The molecule has 194 valence electrons. The van der Waals surface area contributed by atoms with E-state index in [2.05, 4.69) is 26.0 Å². The molecule has 1 fully saturated rings. The van der Waals surface area contributed by atoms with Gasteiger partial charge in [0.15, 0.2) is 0 Å². The number of halogens is 4. The molecule has 5 rings (SSSR count). The van der Waals surface area contributed by atoms with Gasteiger partial charge in [-0.1, -0.05) is 5.21 Å². The van der Waals surface area contributed by atoms with Gasteiger partial charge in [0.25, 0.3) is 23.5 Å². The Morgan fingerprint density at radius 3 is 2.35 bits per heavy atom. The lowest BCUT2D eigenvalue weighted by atomic mass is 9.71. The first kappa shape index (κ1) is 24.7. The largest absolute Gasteiger partial charge is 0.340 e. The molecule has 0 atom stereocenters. The maximum absolute atomic E-state index is 14.0. The highest BCUT2D eigenvalue weighted by Gasteiger charge is 2.60. The van der Waals surface area contributed by atoms with Crippen LogP contribution in [0.5, 0.6) is 0 Å². The number of ketones is 1. The number of rotatable bonds is 6. The molecule has 0 saturated heterocycles. The number of aromatic nitrogens is 4. The number of fused-ring (bicyclic) bond motifs is 1. The summed E-state index contributed by atoms with van der Waals surface area (Å²) in [4.78, 5) is 39.5. The van der Waals surface area contributed by atoms with Crippen LogP contribution in [0.4, 0.5) is 23.2 Å². The normalized spacial score (nSPS) is 17.1. The molecule has 0 radical (unpaired) electrons. The van der Waals surface area contributed by atoms with Crippen molar-refractivity contribution in [3.63, 3.8) is 0 Å². The van der Waals surface area contributed by atoms with Crippen LogP contribution in [0, 0.1) is 25.5 Å². The van der Waals surface area contributed by atoms with Crippen molar-refractivity contribution in [2.45, 2.75) is 57.5 Å². The van der Waals surface area contributed by atoms with E-state index in [4.69, 9.17) is 0 Å². The lowest BCUT2D eigenvalue weighted by Crippen LogP contribution is -2.61. The summed E-state index contributed by atoms with van der Waals surface area (Å²) >= 11 is 0. The molecule has 0 unspecified atom stereocenters. The van der Waals surface area contributed by atoms with Crippen molar-refractivity contribution < 1.29 is 31.9 Å². The Bertz CT molecular complexity index is 1420. The highest BCUT2D eigenvalue weighted by molar-refractivity contribution is 6.44. The molecule has 0 spiro atoms. The Morgan fingerprint density at radius 2 is 1.76 bits per heavy atom. The van der Waals surface area contributed by atoms with Gasteiger partial charge in [0.1, 0.15) is 23.0 Å². The van der Waals surface area contributed by atoms with Crippen LogP contribution >= 0.6 is 0 Å². The van der Waals surface area contributed by atoms with Gasteiger partial charge in [0, 0.05) is 42.5 Å². The summed E-state index contributed by atoms with van der Waals surface area (Å²) in [6.07, 6.45) is 0.801. The molecule has 13 heteroatoms. The van der Waals surface area contributed by atoms with Gasteiger partial charge in [-0.25, -0.2) is 17.6 Å². The molecule has 2 aromatic heterocycles. The molecule has 37 heavy (non-hydrogen) atoms. The van der Waals surface area contributed by atoms with Crippen LogP contribution in [0.2, 0.25) is 0 Å². The topological polar surface area (TPSA) is 122 Å². The number of aromatic amines is 1. The number of anilines is 1. The smallest absolute Gasteiger partial charge is 0.293 e. The van der Waals surface area contributed by atoms with Gasteiger partial charge in [0.05, 0.1) is 11.1 Å². The van der Waals surface area contributed by atoms with Gasteiger partial charge in [-0.3, -0.25) is 19.5 Å². The second-order valence-corrected chi connectivity index (χ2v) is 9.50. The van der Waals surface area contributed by atoms with Crippen molar-refractivity contribution in [2.75, 3.05) is 5.32 Å². The fraction of sp³-hybridized carbons (Fsp3) is 0.375. The predicted molar refractivity (Wildman–Crippen MR) is 121 cm³/mol. The van der Waals surface area contributed by atoms with Crippen LogP contribution in [0.1, 0.15) is 62.6 Å². The minimum Gasteiger partial charge on any atom is -0.340 e. The lowest BCUT2D eigenvalue weighted by Gasteiger charge is -2.46. The molecule has 2 amide bonds. The first-order valence-electron chi connectivity index (χ1n) is 11.5. The van der Waals surface area contributed by atoms with Gasteiger partial charge < -0.3 is 15.2 Å². The monoisotopic (exact) mass is 518 g/mol. The molecule has 1 aromatic carbocycles. The molecule has 1 aliphatic heterocycles. The van der Waals surface area contributed by atoms with Crippen LogP contribution in [-0.4, -0.2) is 43.5 Å². The zero-order valence-electron chi connectivity index (χ0n) is 19.8. The Hall–Kier alpha value is -4.03. The van der Waals surface area contributed by atoms with E-state index in [-0.39, 0.29) is 33.8 Å². The summed E-state index contributed by atoms with van der Waals surface area (Å²) in [7, 11) is 0. The molecule has 1 aliphatic carbocycles. The molecule has 1 saturated carbocycles. The molecule has 2 aliphatic rings. The summed E-state index contributed by atoms with van der Waals surface area (Å²) in [6.45, 7) is 3.14. The molecule has 3 aromatic rings. The van der Waals surface area contributed by atoms with E-state index in [1.165, 1.54) is 20.0 Å². The Labute approximate surface area is 207 Å². The number of nitrogens with zero attached hydrogens (tertiary/aromatic N) is 3. The predicted octanol–water partition coefficient (Wildman–Crippen LogP) is 3.32. The summed E-state index contributed by atoms with van der Waals surface area (Å²) in [5.74, 6) is -7.50. The minimum atomic E-state index is -3.04. The van der Waals surface area contributed by atoms with Crippen molar-refractivity contribution >= 4 is 23.3 Å². The lowest BCUT2D eigenvalue weighted by molar-refractivity contribution is -0.148. The first-order chi connectivity index (χ1) is 17.4. The zero-order chi connectivity index (χ0) is 26.7. The van der Waals surface area contributed by atoms with Gasteiger partial charge in [-0.15, -0.1) is 5.10 Å². The van der Waals surface area contributed by atoms with Crippen molar-refractivity contribution in [1.29, 1.82) is 0 Å². The zero-order valence-corrected chi connectivity index (χ0v) is 19.8. The highest BCUT2D eigenvalue weighted by atomic mass is 19.3. The minimum absolute atomic E-state index is 0.00260. The fourth-order valence-corrected chi connectivity index (χ4v) is 5.21. The van der Waals surface area contributed by atoms with Crippen LogP contribution in [0.3, 0.4) is 0 Å². The molecule has 3 heterocycles. The summed E-state index contributed by atoms with van der Waals surface area (Å²) in [5, 5.41) is 14.5. The van der Waals surface area contributed by atoms with Crippen LogP contribution in [0.25, 0.3) is 0 Å². The van der Waals surface area contributed by atoms with Crippen LogP contribution in [-0.2, 0) is 23.3 Å². The maximum Gasteiger partial charge on any atom is 0.293 e. The Balaban J connectivity index is 1.44. The molecule has 9 nitrogen and oxygen atoms in total. The molecule has 3 N–H and O–H groups in total. The van der Waals surface area contributed by atoms with Gasteiger partial charge in [-0.05, 0) is 44.4 Å². The summed E-state index contributed by atoms with van der Waals surface area (Å²) < 4.78 is 57.1. The average Bonchev–Trinajstić information content (AvgIpc) is 3.53. The fourth-order valence-electron chi connectivity index (χ4n) is 5.21. The van der Waals surface area contributed by atoms with Crippen LogP contribution in [0.15, 0.2) is 18.3 Å². The maximum atomic E-state index is 14.0. The van der Waals surface area contributed by atoms with E-state index in [1.54, 1.807) is 4.57 Å². The van der Waals surface area contributed by atoms with E-state index in [9.17, 15) is 31.9 Å². The van der Waals surface area contributed by atoms with Crippen LogP contribution < -0.4 is 10.6 Å². The highest BCUT2D eigenvalue weighted by Crippen LogP contribution is 2.51. The standard InChI is InChI=1S/C24H22F4N6O3/c1-11-14(25)6-13(7-15(11)26)30-21(36)19-12(2)18(16-4-3-5-34(16)19)20(35)22(37)31-23(9-24(27,28)10-23)17-8-29-33-32-17/h6-8H,3-5,9-10H2,1-2H3,(H,30,36)(H,31,37)(H,29,32,33). The number of hydrogen-bond donors (Lipinski definition) is 3. The first-order valence-corrected chi connectivity index (χ1v) is 11.5. The van der Waals surface area contributed by atoms with Crippen molar-refractivity contribution in [3.05, 3.63) is 63.7 Å². The van der Waals surface area contributed by atoms with E-state index in [0.717, 1.165) is 12.1 Å². The molecular weight excluding hydrogens is 496 g/mol. The van der Waals surface area contributed by atoms with E-state index in [0.29, 0.717) is 25.1 Å². The van der Waals surface area contributed by atoms with Gasteiger partial charge in [0.2, 0.25) is 0 Å². The number of Topliss-reactive ketones (excluding diaryl/α,β-unsaturated/α-hetero) is 1. The van der Waals surface area contributed by atoms with Crippen molar-refractivity contribution in [1.82, 2.24) is 25.3 Å². The number of H-pyrrole nitrogens is 1. The van der Waals surface area contributed by atoms with Gasteiger partial charge >= 0.3 is 0 Å². The summed E-state index contributed by atoms with van der Waals surface area (Å²) in [5.41, 5.74) is -1.03. The molecular formula is C24H22F4N6O3. The number of carbonyl (C=O) groups excluding carboxylic acids is 3. The van der Waals surface area contributed by atoms with Crippen molar-refractivity contribution in [2.24, 2.45) is 0 Å². The number of benzene rings is 1. The Morgan fingerprint density at radius 1 is 1.08 bits per heavy atom. The third-order valence-electron chi connectivity index (χ3n) is 6.98. The van der Waals surface area contributed by atoms with Gasteiger partial charge in [-0.2, -0.15) is 0 Å². The molecule has 0 bridgehead atoms. The quantitative estimate of drug-likeness (QED) is 0.263. The second kappa shape index (κ2) is 8.53. The number of carbonyl (C=O) groups is 3. The SMILES string of the molecule is Cc1c(F)cc(NC(=O)c2c(C)c(C(=O)C(=O)NC3(c4c[nH]nn4)CC(F)(F)C3)c3n2CCC3)cc1F.